The van der Waals surface area contributed by atoms with Crippen LogP contribution in [0, 0.1) is 0 Å². The van der Waals surface area contributed by atoms with Crippen LogP contribution in [0.3, 0.4) is 0 Å². The lowest BCUT2D eigenvalue weighted by molar-refractivity contribution is -0.119. The number of nitrogens with one attached hydrogen (secondary N) is 2. The van der Waals surface area contributed by atoms with Crippen LogP contribution in [0.25, 0.3) is 0 Å². The van der Waals surface area contributed by atoms with E-state index >= 15 is 0 Å². The van der Waals surface area contributed by atoms with E-state index in [4.69, 9.17) is 9.47 Å². The molecule has 0 aliphatic heterocycles. The van der Waals surface area contributed by atoms with Crippen molar-refractivity contribution in [3.8, 4) is 5.75 Å². The standard InChI is InChI=1S/C15H22N2O3/c1-12(2)11-20-14-6-4-13(5-7-14)17-10-15(18)16-8-9-19-3/h4-7,17H,1,8-11H2,2-3H3,(H,16,18). The van der Waals surface area contributed by atoms with Gasteiger partial charge in [0.25, 0.3) is 0 Å². The molecule has 0 saturated carbocycles. The monoisotopic (exact) mass is 278 g/mol. The SMILES string of the molecule is C=C(C)COc1ccc(NCC(=O)NCCOC)cc1. The van der Waals surface area contributed by atoms with E-state index in [1.807, 2.05) is 31.2 Å². The first kappa shape index (κ1) is 16.0. The van der Waals surface area contributed by atoms with Crippen LogP contribution in [0.4, 0.5) is 5.69 Å². The summed E-state index contributed by atoms with van der Waals surface area (Å²) >= 11 is 0. The molecule has 0 aliphatic carbocycles. The van der Waals surface area contributed by atoms with Gasteiger partial charge in [-0.3, -0.25) is 4.79 Å². The van der Waals surface area contributed by atoms with Crippen LogP contribution in [0.5, 0.6) is 5.75 Å². The van der Waals surface area contributed by atoms with Gasteiger partial charge in [-0.15, -0.1) is 0 Å². The Morgan fingerprint density at radius 3 is 2.60 bits per heavy atom. The lowest BCUT2D eigenvalue weighted by Crippen LogP contribution is -2.32. The van der Waals surface area contributed by atoms with E-state index in [9.17, 15) is 4.79 Å². The van der Waals surface area contributed by atoms with E-state index in [1.54, 1.807) is 7.11 Å². The Morgan fingerprint density at radius 1 is 1.30 bits per heavy atom. The lowest BCUT2D eigenvalue weighted by Gasteiger charge is -2.09. The first-order valence-electron chi connectivity index (χ1n) is 6.48. The van der Waals surface area contributed by atoms with Crippen LogP contribution in [0.2, 0.25) is 0 Å². The van der Waals surface area contributed by atoms with E-state index in [2.05, 4.69) is 17.2 Å². The van der Waals surface area contributed by atoms with Crippen LogP contribution in [-0.2, 0) is 9.53 Å². The number of rotatable bonds is 9. The maximum absolute atomic E-state index is 11.5. The molecule has 0 aliphatic rings. The summed E-state index contributed by atoms with van der Waals surface area (Å²) in [4.78, 5) is 11.5. The quantitative estimate of drug-likeness (QED) is 0.534. The van der Waals surface area contributed by atoms with Gasteiger partial charge in [-0.25, -0.2) is 0 Å². The maximum Gasteiger partial charge on any atom is 0.239 e. The molecule has 0 fully saturated rings. The van der Waals surface area contributed by atoms with E-state index in [-0.39, 0.29) is 12.5 Å². The number of hydrogen-bond acceptors (Lipinski definition) is 4. The normalized spacial score (nSPS) is 9.90. The molecular weight excluding hydrogens is 256 g/mol. The molecule has 110 valence electrons. The van der Waals surface area contributed by atoms with Crippen molar-refractivity contribution in [3.05, 3.63) is 36.4 Å². The molecule has 0 atom stereocenters. The van der Waals surface area contributed by atoms with Crippen LogP contribution in [0.15, 0.2) is 36.4 Å². The Kier molecular flexibility index (Phi) is 7.21. The molecule has 5 heteroatoms. The van der Waals surface area contributed by atoms with Gasteiger partial charge >= 0.3 is 0 Å². The Hall–Kier alpha value is -2.01. The number of anilines is 1. The molecule has 1 aromatic rings. The molecule has 5 nitrogen and oxygen atoms in total. The summed E-state index contributed by atoms with van der Waals surface area (Å²) in [6.07, 6.45) is 0. The van der Waals surface area contributed by atoms with Crippen molar-refractivity contribution in [1.82, 2.24) is 5.32 Å². The number of amides is 1. The second kappa shape index (κ2) is 8.98. The zero-order chi connectivity index (χ0) is 14.8. The van der Waals surface area contributed by atoms with Gasteiger partial charge < -0.3 is 20.1 Å². The molecule has 20 heavy (non-hydrogen) atoms. The Bertz CT molecular complexity index is 429. The summed E-state index contributed by atoms with van der Waals surface area (Å²) < 4.78 is 10.3. The van der Waals surface area contributed by atoms with Gasteiger partial charge in [0.05, 0.1) is 13.2 Å². The average molecular weight is 278 g/mol. The van der Waals surface area contributed by atoms with Crippen molar-refractivity contribution in [2.45, 2.75) is 6.92 Å². The van der Waals surface area contributed by atoms with Crippen LogP contribution < -0.4 is 15.4 Å². The van der Waals surface area contributed by atoms with E-state index < -0.39 is 0 Å². The second-order valence-electron chi connectivity index (χ2n) is 4.47. The fourth-order valence-corrected chi connectivity index (χ4v) is 1.41. The molecule has 0 bridgehead atoms. The number of carbonyl (C=O) groups is 1. The maximum atomic E-state index is 11.5. The second-order valence-corrected chi connectivity index (χ2v) is 4.47. The van der Waals surface area contributed by atoms with Crippen molar-refractivity contribution in [2.24, 2.45) is 0 Å². The molecule has 1 amide bonds. The van der Waals surface area contributed by atoms with Gasteiger partial charge in [0.15, 0.2) is 0 Å². The van der Waals surface area contributed by atoms with Crippen molar-refractivity contribution in [3.63, 3.8) is 0 Å². The lowest BCUT2D eigenvalue weighted by atomic mass is 10.3. The molecular formula is C15H22N2O3. The van der Waals surface area contributed by atoms with E-state index in [0.717, 1.165) is 17.0 Å². The average Bonchev–Trinajstić information content (AvgIpc) is 2.44. The number of hydrogen-bond donors (Lipinski definition) is 2. The Labute approximate surface area is 120 Å². The molecule has 2 N–H and O–H groups in total. The van der Waals surface area contributed by atoms with Gasteiger partial charge in [0, 0.05) is 19.3 Å². The highest BCUT2D eigenvalue weighted by Crippen LogP contribution is 2.15. The fraction of sp³-hybridized carbons (Fsp3) is 0.400. The van der Waals surface area contributed by atoms with E-state index in [1.165, 1.54) is 0 Å². The van der Waals surface area contributed by atoms with Gasteiger partial charge in [0.1, 0.15) is 12.4 Å². The predicted octanol–water partition coefficient (Wildman–Crippen LogP) is 1.82. The molecule has 0 spiro atoms. The topological polar surface area (TPSA) is 59.6 Å². The number of methoxy groups -OCH3 is 1. The highest BCUT2D eigenvalue weighted by Gasteiger charge is 2.00. The number of benzene rings is 1. The zero-order valence-electron chi connectivity index (χ0n) is 12.1. The number of ether oxygens (including phenoxy) is 2. The fourth-order valence-electron chi connectivity index (χ4n) is 1.41. The first-order valence-corrected chi connectivity index (χ1v) is 6.48. The molecule has 0 heterocycles. The number of carbonyl (C=O) groups excluding carboxylic acids is 1. The largest absolute Gasteiger partial charge is 0.489 e. The Morgan fingerprint density at radius 2 is 2.00 bits per heavy atom. The third-order valence-electron chi connectivity index (χ3n) is 2.42. The van der Waals surface area contributed by atoms with Gasteiger partial charge in [-0.2, -0.15) is 0 Å². The van der Waals surface area contributed by atoms with Crippen LogP contribution in [0.1, 0.15) is 6.92 Å². The van der Waals surface area contributed by atoms with E-state index in [0.29, 0.717) is 19.8 Å². The predicted molar refractivity (Wildman–Crippen MR) is 80.1 cm³/mol. The summed E-state index contributed by atoms with van der Waals surface area (Å²) in [5.74, 6) is 0.716. The zero-order valence-corrected chi connectivity index (χ0v) is 12.1. The molecule has 0 aromatic heterocycles. The molecule has 0 saturated heterocycles. The third-order valence-corrected chi connectivity index (χ3v) is 2.42. The molecule has 1 rings (SSSR count). The first-order chi connectivity index (χ1) is 9.61. The van der Waals surface area contributed by atoms with Crippen LogP contribution >= 0.6 is 0 Å². The van der Waals surface area contributed by atoms with Gasteiger partial charge in [-0.05, 0) is 36.8 Å². The third kappa shape index (κ3) is 6.80. The smallest absolute Gasteiger partial charge is 0.239 e. The van der Waals surface area contributed by atoms with Crippen molar-refractivity contribution in [1.29, 1.82) is 0 Å². The van der Waals surface area contributed by atoms with Crippen molar-refractivity contribution in [2.75, 3.05) is 38.7 Å². The highest BCUT2D eigenvalue weighted by molar-refractivity contribution is 5.80. The van der Waals surface area contributed by atoms with Gasteiger partial charge in [0.2, 0.25) is 5.91 Å². The molecule has 0 radical (unpaired) electrons. The molecule has 1 aromatic carbocycles. The minimum atomic E-state index is -0.0651. The summed E-state index contributed by atoms with van der Waals surface area (Å²) in [7, 11) is 1.60. The van der Waals surface area contributed by atoms with Crippen molar-refractivity contribution >= 4 is 11.6 Å². The highest BCUT2D eigenvalue weighted by atomic mass is 16.5. The molecule has 0 unspecified atom stereocenters. The minimum Gasteiger partial charge on any atom is -0.489 e. The summed E-state index contributed by atoms with van der Waals surface area (Å²) in [5.41, 5.74) is 1.84. The summed E-state index contributed by atoms with van der Waals surface area (Å²) in [6.45, 7) is 7.46. The van der Waals surface area contributed by atoms with Gasteiger partial charge in [-0.1, -0.05) is 6.58 Å². The summed E-state index contributed by atoms with van der Waals surface area (Å²) in [6, 6.07) is 7.45. The summed E-state index contributed by atoms with van der Waals surface area (Å²) in [5, 5.41) is 5.77. The minimum absolute atomic E-state index is 0.0651. The van der Waals surface area contributed by atoms with Crippen molar-refractivity contribution < 1.29 is 14.3 Å². The Balaban J connectivity index is 2.30. The van der Waals surface area contributed by atoms with Crippen LogP contribution in [-0.4, -0.2) is 39.3 Å².